The normalized spacial score (nSPS) is 11.8. The van der Waals surface area contributed by atoms with E-state index in [1.807, 2.05) is 44.2 Å². The Kier molecular flexibility index (Phi) is 6.36. The van der Waals surface area contributed by atoms with Gasteiger partial charge in [-0.25, -0.2) is 9.97 Å². The summed E-state index contributed by atoms with van der Waals surface area (Å²) in [6.45, 7) is 3.78. The van der Waals surface area contributed by atoms with Crippen molar-refractivity contribution >= 4 is 17.6 Å². The molecule has 30 heavy (non-hydrogen) atoms. The maximum Gasteiger partial charge on any atom is 0.287 e. The van der Waals surface area contributed by atoms with Crippen LogP contribution in [0.3, 0.4) is 0 Å². The molecule has 1 atom stereocenters. The van der Waals surface area contributed by atoms with E-state index < -0.39 is 23.6 Å². The molecule has 3 rings (SSSR count). The molecule has 2 amide bonds. The lowest BCUT2D eigenvalue weighted by Crippen LogP contribution is -2.47. The molecule has 0 aliphatic rings. The van der Waals surface area contributed by atoms with Crippen LogP contribution in [-0.4, -0.2) is 38.2 Å². The van der Waals surface area contributed by atoms with E-state index >= 15 is 0 Å². The van der Waals surface area contributed by atoms with Crippen LogP contribution in [0.25, 0.3) is 17.1 Å². The van der Waals surface area contributed by atoms with Gasteiger partial charge < -0.3 is 11.1 Å². The number of benzene rings is 1. The SMILES string of the molecule is CC(C)CC(NC(=O)c1cccnc1-n1cnc(-c2ccccc2)c1)C(=O)C(N)=O. The van der Waals surface area contributed by atoms with Crippen LogP contribution < -0.4 is 11.1 Å². The number of rotatable bonds is 8. The lowest BCUT2D eigenvalue weighted by Gasteiger charge is -2.19. The molecule has 0 spiro atoms. The summed E-state index contributed by atoms with van der Waals surface area (Å²) in [5.41, 5.74) is 7.06. The van der Waals surface area contributed by atoms with E-state index in [1.165, 1.54) is 0 Å². The summed E-state index contributed by atoms with van der Waals surface area (Å²) in [6.07, 6.45) is 5.21. The highest BCUT2D eigenvalue weighted by Crippen LogP contribution is 2.19. The van der Waals surface area contributed by atoms with Crippen LogP contribution >= 0.6 is 0 Å². The minimum absolute atomic E-state index is 0.0778. The van der Waals surface area contributed by atoms with Crippen LogP contribution in [0.4, 0.5) is 0 Å². The standard InChI is InChI=1S/C22H23N5O3/c1-14(2)11-17(19(28)20(23)29)26-22(30)16-9-6-10-24-21(16)27-12-18(25-13-27)15-7-4-3-5-8-15/h3-10,12-14,17H,11H2,1-2H3,(H2,23,29)(H,26,30). The van der Waals surface area contributed by atoms with Gasteiger partial charge in [0.1, 0.15) is 6.33 Å². The minimum atomic E-state index is -1.07. The smallest absolute Gasteiger partial charge is 0.287 e. The first-order chi connectivity index (χ1) is 14.4. The summed E-state index contributed by atoms with van der Waals surface area (Å²) < 4.78 is 1.64. The van der Waals surface area contributed by atoms with Crippen molar-refractivity contribution in [3.05, 3.63) is 66.7 Å². The molecule has 0 saturated carbocycles. The van der Waals surface area contributed by atoms with E-state index in [0.29, 0.717) is 12.2 Å². The van der Waals surface area contributed by atoms with Crippen molar-refractivity contribution in [1.29, 1.82) is 0 Å². The van der Waals surface area contributed by atoms with Gasteiger partial charge >= 0.3 is 0 Å². The van der Waals surface area contributed by atoms with Gasteiger partial charge in [-0.05, 0) is 24.5 Å². The Bertz CT molecular complexity index is 1060. The van der Waals surface area contributed by atoms with Crippen LogP contribution in [0.5, 0.6) is 0 Å². The third kappa shape index (κ3) is 4.78. The van der Waals surface area contributed by atoms with Crippen molar-refractivity contribution in [1.82, 2.24) is 19.9 Å². The van der Waals surface area contributed by atoms with Crippen LogP contribution in [0.15, 0.2) is 61.2 Å². The second-order valence-electron chi connectivity index (χ2n) is 7.29. The Morgan fingerprint density at radius 3 is 2.47 bits per heavy atom. The Morgan fingerprint density at radius 1 is 1.07 bits per heavy atom. The second-order valence-corrected chi connectivity index (χ2v) is 7.29. The molecule has 0 saturated heterocycles. The summed E-state index contributed by atoms with van der Waals surface area (Å²) in [7, 11) is 0. The topological polar surface area (TPSA) is 120 Å². The number of pyridine rings is 1. The highest BCUT2D eigenvalue weighted by atomic mass is 16.2. The number of hydrogen-bond donors (Lipinski definition) is 2. The Hall–Kier alpha value is -3.81. The Morgan fingerprint density at radius 2 is 1.80 bits per heavy atom. The van der Waals surface area contributed by atoms with Crippen molar-refractivity contribution in [2.45, 2.75) is 26.3 Å². The molecule has 0 aliphatic carbocycles. The van der Waals surface area contributed by atoms with Gasteiger partial charge in [0.25, 0.3) is 11.8 Å². The predicted octanol–water partition coefficient (Wildman–Crippen LogP) is 2.13. The fraction of sp³-hybridized carbons (Fsp3) is 0.227. The molecule has 154 valence electrons. The molecule has 2 aromatic heterocycles. The molecule has 2 heterocycles. The van der Waals surface area contributed by atoms with E-state index in [4.69, 9.17) is 5.73 Å². The number of ketones is 1. The fourth-order valence-electron chi connectivity index (χ4n) is 3.09. The second kappa shape index (κ2) is 9.13. The number of aromatic nitrogens is 3. The van der Waals surface area contributed by atoms with Crippen molar-refractivity contribution in [3.63, 3.8) is 0 Å². The van der Waals surface area contributed by atoms with E-state index in [-0.39, 0.29) is 11.5 Å². The zero-order valence-electron chi connectivity index (χ0n) is 16.8. The van der Waals surface area contributed by atoms with Crippen molar-refractivity contribution in [3.8, 4) is 17.1 Å². The van der Waals surface area contributed by atoms with Crippen molar-refractivity contribution in [2.75, 3.05) is 0 Å². The highest BCUT2D eigenvalue weighted by molar-refractivity contribution is 6.38. The van der Waals surface area contributed by atoms with E-state index in [9.17, 15) is 14.4 Å². The number of primary amides is 1. The Labute approximate surface area is 174 Å². The van der Waals surface area contributed by atoms with Crippen molar-refractivity contribution < 1.29 is 14.4 Å². The molecule has 3 aromatic rings. The maximum atomic E-state index is 12.9. The highest BCUT2D eigenvalue weighted by Gasteiger charge is 2.27. The molecular formula is C22H23N5O3. The van der Waals surface area contributed by atoms with Gasteiger partial charge in [0.15, 0.2) is 5.82 Å². The monoisotopic (exact) mass is 405 g/mol. The number of imidazole rings is 1. The summed E-state index contributed by atoms with van der Waals surface area (Å²) in [6, 6.07) is 11.8. The summed E-state index contributed by atoms with van der Waals surface area (Å²) in [5.74, 6) is -1.98. The van der Waals surface area contributed by atoms with Crippen LogP contribution in [0, 0.1) is 5.92 Å². The molecule has 0 radical (unpaired) electrons. The van der Waals surface area contributed by atoms with E-state index in [1.54, 1.807) is 35.4 Å². The van der Waals surface area contributed by atoms with Crippen LogP contribution in [0.2, 0.25) is 0 Å². The lowest BCUT2D eigenvalue weighted by molar-refractivity contribution is -0.137. The number of nitrogens with one attached hydrogen (secondary N) is 1. The number of nitrogens with zero attached hydrogens (tertiary/aromatic N) is 3. The van der Waals surface area contributed by atoms with Gasteiger partial charge in [-0.1, -0.05) is 44.2 Å². The molecule has 1 unspecified atom stereocenters. The summed E-state index contributed by atoms with van der Waals surface area (Å²) in [4.78, 5) is 45.2. The van der Waals surface area contributed by atoms with Crippen molar-refractivity contribution in [2.24, 2.45) is 11.7 Å². The van der Waals surface area contributed by atoms with E-state index in [2.05, 4.69) is 15.3 Å². The molecule has 3 N–H and O–H groups in total. The summed E-state index contributed by atoms with van der Waals surface area (Å²) in [5, 5.41) is 2.63. The number of Topliss-reactive ketones (excluding diaryl/α,β-unsaturated/α-hetero) is 1. The lowest BCUT2D eigenvalue weighted by atomic mass is 9.99. The first-order valence-electron chi connectivity index (χ1n) is 9.56. The zero-order valence-corrected chi connectivity index (χ0v) is 16.8. The first kappa shape index (κ1) is 20.9. The molecule has 8 nitrogen and oxygen atoms in total. The quantitative estimate of drug-likeness (QED) is 0.556. The maximum absolute atomic E-state index is 12.9. The summed E-state index contributed by atoms with van der Waals surface area (Å²) >= 11 is 0. The molecule has 1 aromatic carbocycles. The Balaban J connectivity index is 1.89. The number of nitrogens with two attached hydrogens (primary N) is 1. The third-order valence-electron chi connectivity index (χ3n) is 4.50. The van der Waals surface area contributed by atoms with Gasteiger partial charge in [-0.15, -0.1) is 0 Å². The number of hydrogen-bond acceptors (Lipinski definition) is 5. The van der Waals surface area contributed by atoms with Gasteiger partial charge in [0, 0.05) is 18.0 Å². The number of carbonyl (C=O) groups is 3. The molecule has 0 bridgehead atoms. The predicted molar refractivity (Wildman–Crippen MR) is 112 cm³/mol. The van der Waals surface area contributed by atoms with Crippen LogP contribution in [-0.2, 0) is 9.59 Å². The van der Waals surface area contributed by atoms with Gasteiger partial charge in [0.05, 0.1) is 17.3 Å². The first-order valence-corrected chi connectivity index (χ1v) is 9.56. The van der Waals surface area contributed by atoms with Gasteiger partial charge in [-0.3, -0.25) is 19.0 Å². The fourth-order valence-corrected chi connectivity index (χ4v) is 3.09. The third-order valence-corrected chi connectivity index (χ3v) is 4.50. The van der Waals surface area contributed by atoms with Crippen LogP contribution in [0.1, 0.15) is 30.6 Å². The molecular weight excluding hydrogens is 382 g/mol. The number of carbonyl (C=O) groups excluding carboxylic acids is 3. The molecule has 0 fully saturated rings. The number of amides is 2. The largest absolute Gasteiger partial charge is 0.363 e. The minimum Gasteiger partial charge on any atom is -0.363 e. The average molecular weight is 405 g/mol. The van der Waals surface area contributed by atoms with Gasteiger partial charge in [0.2, 0.25) is 5.78 Å². The van der Waals surface area contributed by atoms with Gasteiger partial charge in [-0.2, -0.15) is 0 Å². The zero-order chi connectivity index (χ0) is 21.7. The van der Waals surface area contributed by atoms with E-state index in [0.717, 1.165) is 11.3 Å². The molecule has 8 heteroatoms. The average Bonchev–Trinajstić information content (AvgIpc) is 3.23. The molecule has 0 aliphatic heterocycles.